The van der Waals surface area contributed by atoms with Crippen molar-refractivity contribution in [3.8, 4) is 0 Å². The van der Waals surface area contributed by atoms with Crippen molar-refractivity contribution in [2.75, 3.05) is 6.54 Å². The van der Waals surface area contributed by atoms with Gasteiger partial charge in [-0.05, 0) is 30.7 Å². The van der Waals surface area contributed by atoms with Crippen LogP contribution in [-0.4, -0.2) is 6.54 Å². The molecule has 1 atom stereocenters. The van der Waals surface area contributed by atoms with E-state index in [0.29, 0.717) is 0 Å². The number of halogens is 1. The molecule has 1 nitrogen and oxygen atoms in total. The van der Waals surface area contributed by atoms with E-state index >= 15 is 0 Å². The first-order valence-electron chi connectivity index (χ1n) is 6.26. The predicted molar refractivity (Wildman–Crippen MR) is 80.8 cm³/mol. The number of benzene rings is 2. The van der Waals surface area contributed by atoms with E-state index in [9.17, 15) is 0 Å². The van der Waals surface area contributed by atoms with Gasteiger partial charge in [0.1, 0.15) is 0 Å². The Hall–Kier alpha value is -1.12. The van der Waals surface area contributed by atoms with Crippen molar-refractivity contribution in [3.63, 3.8) is 0 Å². The molecular formula is C16H18BrN. The molecule has 0 spiro atoms. The van der Waals surface area contributed by atoms with E-state index in [0.717, 1.165) is 11.0 Å². The Balaban J connectivity index is 2.43. The molecule has 1 N–H and O–H groups in total. The zero-order chi connectivity index (χ0) is 13.0. The highest BCUT2D eigenvalue weighted by molar-refractivity contribution is 9.10. The Bertz CT molecular complexity index is 522. The van der Waals surface area contributed by atoms with Gasteiger partial charge >= 0.3 is 0 Å². The summed E-state index contributed by atoms with van der Waals surface area (Å²) in [6, 6.07) is 17.3. The molecule has 0 aliphatic heterocycles. The predicted octanol–water partition coefficient (Wildman–Crippen LogP) is 4.46. The second kappa shape index (κ2) is 6.17. The van der Waals surface area contributed by atoms with Gasteiger partial charge in [0.05, 0.1) is 6.04 Å². The SMILES string of the molecule is CCNC(c1cccc(C)c1)c1ccccc1Br. The van der Waals surface area contributed by atoms with Crippen LogP contribution in [0.3, 0.4) is 0 Å². The second-order valence-corrected chi connectivity index (χ2v) is 5.28. The molecule has 0 radical (unpaired) electrons. The van der Waals surface area contributed by atoms with Gasteiger partial charge in [-0.3, -0.25) is 0 Å². The van der Waals surface area contributed by atoms with E-state index in [-0.39, 0.29) is 6.04 Å². The van der Waals surface area contributed by atoms with E-state index in [2.05, 4.69) is 77.6 Å². The lowest BCUT2D eigenvalue weighted by molar-refractivity contribution is 0.628. The van der Waals surface area contributed by atoms with Crippen LogP contribution in [0.2, 0.25) is 0 Å². The first-order chi connectivity index (χ1) is 8.72. The summed E-state index contributed by atoms with van der Waals surface area (Å²) in [6.07, 6.45) is 0. The molecule has 0 fully saturated rings. The molecule has 94 valence electrons. The van der Waals surface area contributed by atoms with Crippen LogP contribution in [0.15, 0.2) is 53.0 Å². The van der Waals surface area contributed by atoms with Crippen LogP contribution in [0.1, 0.15) is 29.7 Å². The summed E-state index contributed by atoms with van der Waals surface area (Å²) in [4.78, 5) is 0. The van der Waals surface area contributed by atoms with Crippen LogP contribution < -0.4 is 5.32 Å². The fourth-order valence-corrected chi connectivity index (χ4v) is 2.68. The fourth-order valence-electron chi connectivity index (χ4n) is 2.17. The lowest BCUT2D eigenvalue weighted by atomic mass is 9.97. The maximum Gasteiger partial charge on any atom is 0.0587 e. The van der Waals surface area contributed by atoms with Crippen molar-refractivity contribution < 1.29 is 0 Å². The largest absolute Gasteiger partial charge is 0.306 e. The molecule has 0 heterocycles. The average Bonchev–Trinajstić information content (AvgIpc) is 2.37. The minimum absolute atomic E-state index is 0.241. The molecule has 2 heteroatoms. The van der Waals surface area contributed by atoms with Gasteiger partial charge in [-0.2, -0.15) is 0 Å². The molecule has 0 saturated carbocycles. The van der Waals surface area contributed by atoms with Gasteiger partial charge in [-0.15, -0.1) is 0 Å². The molecule has 2 rings (SSSR count). The van der Waals surface area contributed by atoms with Gasteiger partial charge in [-0.25, -0.2) is 0 Å². The Kier molecular flexibility index (Phi) is 4.56. The van der Waals surface area contributed by atoms with Crippen molar-refractivity contribution >= 4 is 15.9 Å². The van der Waals surface area contributed by atoms with Crippen molar-refractivity contribution in [2.24, 2.45) is 0 Å². The normalized spacial score (nSPS) is 12.4. The lowest BCUT2D eigenvalue weighted by Gasteiger charge is -2.20. The Morgan fingerprint density at radius 1 is 1.11 bits per heavy atom. The molecule has 0 aliphatic rings. The van der Waals surface area contributed by atoms with Gasteiger partial charge in [-0.1, -0.05) is 70.9 Å². The molecule has 0 amide bonds. The number of hydrogen-bond donors (Lipinski definition) is 1. The minimum Gasteiger partial charge on any atom is -0.306 e. The lowest BCUT2D eigenvalue weighted by Crippen LogP contribution is -2.22. The Morgan fingerprint density at radius 3 is 2.56 bits per heavy atom. The fraction of sp³-hybridized carbons (Fsp3) is 0.250. The molecule has 0 aromatic heterocycles. The van der Waals surface area contributed by atoms with Gasteiger partial charge in [0, 0.05) is 4.47 Å². The third kappa shape index (κ3) is 3.01. The molecule has 0 bridgehead atoms. The van der Waals surface area contributed by atoms with Crippen molar-refractivity contribution in [1.29, 1.82) is 0 Å². The van der Waals surface area contributed by atoms with Crippen LogP contribution in [0, 0.1) is 6.92 Å². The maximum absolute atomic E-state index is 3.64. The van der Waals surface area contributed by atoms with Crippen LogP contribution >= 0.6 is 15.9 Å². The molecule has 18 heavy (non-hydrogen) atoms. The highest BCUT2D eigenvalue weighted by atomic mass is 79.9. The summed E-state index contributed by atoms with van der Waals surface area (Å²) in [5.41, 5.74) is 3.89. The summed E-state index contributed by atoms with van der Waals surface area (Å²) in [5, 5.41) is 3.55. The Morgan fingerprint density at radius 2 is 1.89 bits per heavy atom. The topological polar surface area (TPSA) is 12.0 Å². The summed E-state index contributed by atoms with van der Waals surface area (Å²) in [5.74, 6) is 0. The highest BCUT2D eigenvalue weighted by Crippen LogP contribution is 2.28. The number of rotatable bonds is 4. The quantitative estimate of drug-likeness (QED) is 0.879. The van der Waals surface area contributed by atoms with Crippen molar-refractivity contribution in [2.45, 2.75) is 19.9 Å². The van der Waals surface area contributed by atoms with Crippen molar-refractivity contribution in [3.05, 3.63) is 69.7 Å². The third-order valence-electron chi connectivity index (χ3n) is 3.00. The summed E-state index contributed by atoms with van der Waals surface area (Å²) >= 11 is 3.64. The highest BCUT2D eigenvalue weighted by Gasteiger charge is 2.15. The van der Waals surface area contributed by atoms with Crippen LogP contribution in [0.5, 0.6) is 0 Å². The van der Waals surface area contributed by atoms with Crippen LogP contribution in [-0.2, 0) is 0 Å². The summed E-state index contributed by atoms with van der Waals surface area (Å²) in [6.45, 7) is 5.21. The van der Waals surface area contributed by atoms with E-state index in [1.165, 1.54) is 16.7 Å². The van der Waals surface area contributed by atoms with Crippen LogP contribution in [0.4, 0.5) is 0 Å². The smallest absolute Gasteiger partial charge is 0.0587 e. The minimum atomic E-state index is 0.241. The van der Waals surface area contributed by atoms with E-state index < -0.39 is 0 Å². The van der Waals surface area contributed by atoms with Gasteiger partial charge in [0.15, 0.2) is 0 Å². The molecule has 2 aromatic carbocycles. The molecule has 0 saturated heterocycles. The maximum atomic E-state index is 3.64. The first kappa shape index (κ1) is 13.3. The van der Waals surface area contributed by atoms with Gasteiger partial charge < -0.3 is 5.32 Å². The first-order valence-corrected chi connectivity index (χ1v) is 7.06. The number of aryl methyl sites for hydroxylation is 1. The monoisotopic (exact) mass is 303 g/mol. The average molecular weight is 304 g/mol. The van der Waals surface area contributed by atoms with Crippen LogP contribution in [0.25, 0.3) is 0 Å². The van der Waals surface area contributed by atoms with E-state index in [1.807, 2.05) is 6.07 Å². The molecule has 1 unspecified atom stereocenters. The van der Waals surface area contributed by atoms with E-state index in [4.69, 9.17) is 0 Å². The van der Waals surface area contributed by atoms with Gasteiger partial charge in [0.2, 0.25) is 0 Å². The molecule has 2 aromatic rings. The third-order valence-corrected chi connectivity index (χ3v) is 3.72. The molecular weight excluding hydrogens is 286 g/mol. The standard InChI is InChI=1S/C16H18BrN/c1-3-18-16(13-8-6-7-12(2)11-13)14-9-4-5-10-15(14)17/h4-11,16,18H,3H2,1-2H3. The summed E-state index contributed by atoms with van der Waals surface area (Å²) < 4.78 is 1.15. The number of nitrogens with one attached hydrogen (secondary N) is 1. The van der Waals surface area contributed by atoms with Gasteiger partial charge in [0.25, 0.3) is 0 Å². The number of hydrogen-bond acceptors (Lipinski definition) is 1. The van der Waals surface area contributed by atoms with E-state index in [1.54, 1.807) is 0 Å². The Labute approximate surface area is 117 Å². The molecule has 0 aliphatic carbocycles. The zero-order valence-corrected chi connectivity index (χ0v) is 12.4. The summed E-state index contributed by atoms with van der Waals surface area (Å²) in [7, 11) is 0. The second-order valence-electron chi connectivity index (χ2n) is 4.43. The van der Waals surface area contributed by atoms with Crippen molar-refractivity contribution in [1.82, 2.24) is 5.32 Å². The zero-order valence-electron chi connectivity index (χ0n) is 10.8.